The predicted molar refractivity (Wildman–Crippen MR) is 109 cm³/mol. The number of nitrogens with one attached hydrogen (secondary N) is 4. The van der Waals surface area contributed by atoms with Gasteiger partial charge in [0.15, 0.2) is 5.69 Å². The minimum Gasteiger partial charge on any atom is -0.340 e. The number of rotatable bonds is 5. The van der Waals surface area contributed by atoms with Gasteiger partial charge in [-0.1, -0.05) is 24.3 Å². The number of nitrogens with zero attached hydrogens (tertiary/aromatic N) is 2. The summed E-state index contributed by atoms with van der Waals surface area (Å²) in [6, 6.07) is 14.8. The van der Waals surface area contributed by atoms with Gasteiger partial charge in [-0.3, -0.25) is 14.9 Å². The molecule has 4 rings (SSSR count). The maximum absolute atomic E-state index is 12.7. The molecule has 0 bridgehead atoms. The van der Waals surface area contributed by atoms with Crippen LogP contribution in [0.25, 0.3) is 11.0 Å². The minimum atomic E-state index is -0.514. The molecule has 0 radical (unpaired) electrons. The van der Waals surface area contributed by atoms with Gasteiger partial charge in [0.1, 0.15) is 5.69 Å². The van der Waals surface area contributed by atoms with Crippen LogP contribution in [0.5, 0.6) is 0 Å². The lowest BCUT2D eigenvalue weighted by Crippen LogP contribution is -2.21. The van der Waals surface area contributed by atoms with Crippen molar-refractivity contribution in [2.24, 2.45) is 0 Å². The van der Waals surface area contributed by atoms with Gasteiger partial charge < -0.3 is 15.3 Å². The summed E-state index contributed by atoms with van der Waals surface area (Å²) in [5.41, 5.74) is 2.25. The van der Waals surface area contributed by atoms with E-state index in [0.717, 1.165) is 15.9 Å². The molecule has 0 unspecified atom stereocenters. The largest absolute Gasteiger partial charge is 0.340 e. The topological polar surface area (TPSA) is 116 Å². The molecule has 0 aliphatic carbocycles. The van der Waals surface area contributed by atoms with E-state index in [9.17, 15) is 9.59 Å². The molecule has 0 spiro atoms. The van der Waals surface area contributed by atoms with E-state index >= 15 is 0 Å². The number of hydrogen-bond acceptors (Lipinski definition) is 5. The van der Waals surface area contributed by atoms with E-state index in [1.807, 2.05) is 48.7 Å². The normalized spacial score (nSPS) is 10.8. The van der Waals surface area contributed by atoms with E-state index in [1.165, 1.54) is 18.1 Å². The zero-order valence-corrected chi connectivity index (χ0v) is 15.6. The van der Waals surface area contributed by atoms with Crippen LogP contribution >= 0.6 is 11.8 Å². The number of amides is 2. The molecule has 9 heteroatoms. The van der Waals surface area contributed by atoms with E-state index < -0.39 is 11.8 Å². The smallest absolute Gasteiger partial charge is 0.276 e. The lowest BCUT2D eigenvalue weighted by molar-refractivity contribution is 0.0985. The number of imidazole rings is 2. The molecule has 0 saturated carbocycles. The van der Waals surface area contributed by atoms with E-state index in [0.29, 0.717) is 11.6 Å². The molecule has 2 heterocycles. The van der Waals surface area contributed by atoms with Gasteiger partial charge in [-0.15, -0.1) is 11.8 Å². The fourth-order valence-electron chi connectivity index (χ4n) is 2.75. The molecule has 0 aliphatic heterocycles. The van der Waals surface area contributed by atoms with Gasteiger partial charge in [-0.25, -0.2) is 9.97 Å². The van der Waals surface area contributed by atoms with E-state index in [2.05, 4.69) is 30.6 Å². The van der Waals surface area contributed by atoms with Gasteiger partial charge in [-0.2, -0.15) is 0 Å². The molecule has 0 aliphatic rings. The van der Waals surface area contributed by atoms with Crippen LogP contribution < -0.4 is 10.6 Å². The van der Waals surface area contributed by atoms with Crippen molar-refractivity contribution in [2.75, 3.05) is 16.9 Å². The second kappa shape index (κ2) is 7.57. The van der Waals surface area contributed by atoms with Crippen molar-refractivity contribution in [3.8, 4) is 0 Å². The third-order valence-corrected chi connectivity index (χ3v) is 4.85. The summed E-state index contributed by atoms with van der Waals surface area (Å²) in [7, 11) is 0. The number of aromatic amines is 2. The Hall–Kier alpha value is -3.59. The number of anilines is 2. The number of hydrogen-bond donors (Lipinski definition) is 4. The number of benzene rings is 2. The fraction of sp³-hybridized carbons (Fsp3) is 0.0526. The van der Waals surface area contributed by atoms with Crippen LogP contribution in [0, 0.1) is 0 Å². The summed E-state index contributed by atoms with van der Waals surface area (Å²) >= 11 is 1.51. The standard InChI is InChI=1S/C19H16N6O2S/c1-28-14-9-5-4-8-13(14)22-17(26)15-16(21-10-20-15)18(27)25-19-23-11-6-2-3-7-12(11)24-19/h2-10H,1H3,(H,20,21)(H,22,26)(H2,23,24,25,27). The highest BCUT2D eigenvalue weighted by Gasteiger charge is 2.22. The summed E-state index contributed by atoms with van der Waals surface area (Å²) in [6.07, 6.45) is 3.23. The Morgan fingerprint density at radius 1 is 1.00 bits per heavy atom. The average Bonchev–Trinajstić information content (AvgIpc) is 3.35. The summed E-state index contributed by atoms with van der Waals surface area (Å²) in [5, 5.41) is 5.45. The second-order valence-corrected chi connectivity index (χ2v) is 6.69. The SMILES string of the molecule is CSc1ccccc1NC(=O)c1nc[nH]c1C(=O)Nc1nc2ccccc2[nH]1. The first kappa shape index (κ1) is 17.8. The number of thioether (sulfide) groups is 1. The van der Waals surface area contributed by atoms with Crippen LogP contribution in [0.15, 0.2) is 59.8 Å². The number of para-hydroxylation sites is 3. The predicted octanol–water partition coefficient (Wildman–Crippen LogP) is 3.51. The van der Waals surface area contributed by atoms with Crippen molar-refractivity contribution in [1.82, 2.24) is 19.9 Å². The molecule has 0 fully saturated rings. The molecule has 2 aromatic heterocycles. The second-order valence-electron chi connectivity index (χ2n) is 5.84. The zero-order valence-electron chi connectivity index (χ0n) is 14.8. The highest BCUT2D eigenvalue weighted by Crippen LogP contribution is 2.25. The first-order chi connectivity index (χ1) is 13.7. The van der Waals surface area contributed by atoms with Crippen LogP contribution in [-0.2, 0) is 0 Å². The van der Waals surface area contributed by atoms with Crippen molar-refractivity contribution in [2.45, 2.75) is 4.90 Å². The number of aromatic nitrogens is 4. The van der Waals surface area contributed by atoms with Crippen LogP contribution in [-0.4, -0.2) is 38.0 Å². The van der Waals surface area contributed by atoms with Gasteiger partial charge >= 0.3 is 0 Å². The molecular formula is C19H16N6O2S. The van der Waals surface area contributed by atoms with E-state index in [4.69, 9.17) is 0 Å². The first-order valence-corrected chi connectivity index (χ1v) is 9.62. The van der Waals surface area contributed by atoms with Crippen molar-refractivity contribution in [3.05, 3.63) is 66.2 Å². The maximum atomic E-state index is 12.7. The van der Waals surface area contributed by atoms with Gasteiger partial charge in [-0.05, 0) is 30.5 Å². The minimum absolute atomic E-state index is 0.00418. The quantitative estimate of drug-likeness (QED) is 0.388. The summed E-state index contributed by atoms with van der Waals surface area (Å²) in [6.45, 7) is 0. The maximum Gasteiger partial charge on any atom is 0.276 e. The van der Waals surface area contributed by atoms with Gasteiger partial charge in [0.05, 0.1) is 23.0 Å². The van der Waals surface area contributed by atoms with E-state index in [1.54, 1.807) is 6.07 Å². The molecule has 140 valence electrons. The highest BCUT2D eigenvalue weighted by molar-refractivity contribution is 7.98. The number of fused-ring (bicyclic) bond motifs is 1. The lowest BCUT2D eigenvalue weighted by atomic mass is 10.2. The molecule has 28 heavy (non-hydrogen) atoms. The number of H-pyrrole nitrogens is 2. The monoisotopic (exact) mass is 392 g/mol. The van der Waals surface area contributed by atoms with Crippen molar-refractivity contribution in [1.29, 1.82) is 0 Å². The summed E-state index contributed by atoms with van der Waals surface area (Å²) < 4.78 is 0. The number of carbonyl (C=O) groups is 2. The summed E-state index contributed by atoms with van der Waals surface area (Å²) in [4.78, 5) is 40.2. The Kier molecular flexibility index (Phi) is 4.81. The van der Waals surface area contributed by atoms with E-state index in [-0.39, 0.29) is 11.4 Å². The Labute approximate surface area is 164 Å². The van der Waals surface area contributed by atoms with Gasteiger partial charge in [0.2, 0.25) is 5.95 Å². The molecule has 0 atom stereocenters. The Morgan fingerprint density at radius 3 is 2.61 bits per heavy atom. The van der Waals surface area contributed by atoms with Crippen LogP contribution in [0.3, 0.4) is 0 Å². The summed E-state index contributed by atoms with van der Waals surface area (Å²) in [5.74, 6) is -0.697. The van der Waals surface area contributed by atoms with Crippen molar-refractivity contribution >= 4 is 46.2 Å². The molecule has 4 aromatic rings. The third-order valence-electron chi connectivity index (χ3n) is 4.06. The number of carbonyl (C=O) groups excluding carboxylic acids is 2. The fourth-order valence-corrected chi connectivity index (χ4v) is 3.30. The van der Waals surface area contributed by atoms with Crippen molar-refractivity contribution in [3.63, 3.8) is 0 Å². The van der Waals surface area contributed by atoms with Gasteiger partial charge in [0, 0.05) is 4.90 Å². The molecule has 4 N–H and O–H groups in total. The van der Waals surface area contributed by atoms with Crippen molar-refractivity contribution < 1.29 is 9.59 Å². The Morgan fingerprint density at radius 2 is 1.79 bits per heavy atom. The molecule has 2 aromatic carbocycles. The average molecular weight is 392 g/mol. The van der Waals surface area contributed by atoms with Gasteiger partial charge in [0.25, 0.3) is 11.8 Å². The highest BCUT2D eigenvalue weighted by atomic mass is 32.2. The molecule has 2 amide bonds. The lowest BCUT2D eigenvalue weighted by Gasteiger charge is -2.09. The molecular weight excluding hydrogens is 376 g/mol. The molecule has 0 saturated heterocycles. The third kappa shape index (κ3) is 3.47. The first-order valence-electron chi connectivity index (χ1n) is 8.39. The Bertz CT molecular complexity index is 1130. The Balaban J connectivity index is 1.54. The molecule has 8 nitrogen and oxygen atoms in total. The van der Waals surface area contributed by atoms with Crippen LogP contribution in [0.4, 0.5) is 11.6 Å². The van der Waals surface area contributed by atoms with Crippen LogP contribution in [0.1, 0.15) is 21.0 Å². The zero-order chi connectivity index (χ0) is 19.5. The van der Waals surface area contributed by atoms with Crippen LogP contribution in [0.2, 0.25) is 0 Å².